The second-order valence-electron chi connectivity index (χ2n) is 5.51. The third kappa shape index (κ3) is 3.93. The zero-order valence-corrected chi connectivity index (χ0v) is 15.3. The van der Waals surface area contributed by atoms with Gasteiger partial charge in [-0.25, -0.2) is 13.2 Å². The van der Waals surface area contributed by atoms with Gasteiger partial charge in [-0.05, 0) is 18.6 Å². The number of sulfonamides is 1. The molecule has 0 atom stereocenters. The average Bonchev–Trinajstić information content (AvgIpc) is 2.90. The van der Waals surface area contributed by atoms with Crippen LogP contribution in [0, 0.1) is 0 Å². The fraction of sp³-hybridized carbons (Fsp3) is 0.500. The minimum Gasteiger partial charge on any atom is -0.468 e. The molecule has 1 aromatic carbocycles. The van der Waals surface area contributed by atoms with Crippen LogP contribution in [0.25, 0.3) is 11.1 Å². The zero-order valence-electron chi connectivity index (χ0n) is 14.5. The molecule has 0 saturated heterocycles. The van der Waals surface area contributed by atoms with Gasteiger partial charge in [0.1, 0.15) is 6.54 Å². The van der Waals surface area contributed by atoms with Crippen molar-refractivity contribution in [2.75, 3.05) is 20.2 Å². The van der Waals surface area contributed by atoms with Crippen LogP contribution in [-0.2, 0) is 26.1 Å². The number of rotatable bonds is 8. The molecule has 8 nitrogen and oxygen atoms in total. The number of unbranched alkanes of at least 4 members (excludes halogenated alkanes) is 1. The van der Waals surface area contributed by atoms with E-state index in [1.54, 1.807) is 6.92 Å². The molecule has 0 radical (unpaired) electrons. The molecule has 0 bridgehead atoms. The lowest BCUT2D eigenvalue weighted by molar-refractivity contribution is -0.141. The number of carbonyl (C=O) groups excluding carboxylic acids is 1. The maximum Gasteiger partial charge on any atom is 0.420 e. The van der Waals surface area contributed by atoms with Crippen molar-refractivity contribution < 1.29 is 22.4 Å². The van der Waals surface area contributed by atoms with Crippen LogP contribution in [0.15, 0.2) is 32.3 Å². The van der Waals surface area contributed by atoms with Crippen LogP contribution in [-0.4, -0.2) is 43.5 Å². The molecule has 0 fully saturated rings. The molecule has 0 unspecified atom stereocenters. The minimum atomic E-state index is -3.68. The Balaban J connectivity index is 2.44. The number of methoxy groups -OCH3 is 1. The summed E-state index contributed by atoms with van der Waals surface area (Å²) in [6, 6.07) is 4.19. The Bertz CT molecular complexity index is 912. The molecule has 1 aromatic heterocycles. The summed E-state index contributed by atoms with van der Waals surface area (Å²) in [6.07, 6.45) is 1.65. The summed E-state index contributed by atoms with van der Waals surface area (Å²) in [5, 5.41) is 0. The molecule has 1 heterocycles. The van der Waals surface area contributed by atoms with Crippen LogP contribution in [0.2, 0.25) is 0 Å². The standard InChI is InChI=1S/C16H22N2O6S/c1-4-6-9-17(5-2)25(21,22)12-7-8-13-14(10-12)24-16(20)18(13)11-15(19)23-3/h7-8,10H,4-6,9,11H2,1-3H3. The first-order valence-electron chi connectivity index (χ1n) is 8.05. The topological polar surface area (TPSA) is 98.8 Å². The number of nitrogens with zero attached hydrogens (tertiary/aromatic N) is 2. The van der Waals surface area contributed by atoms with E-state index in [4.69, 9.17) is 4.42 Å². The Kier molecular flexibility index (Phi) is 6.02. The van der Waals surface area contributed by atoms with Gasteiger partial charge >= 0.3 is 11.7 Å². The van der Waals surface area contributed by atoms with Gasteiger partial charge in [-0.3, -0.25) is 9.36 Å². The number of benzene rings is 1. The van der Waals surface area contributed by atoms with Crippen LogP contribution < -0.4 is 5.76 Å². The van der Waals surface area contributed by atoms with Crippen LogP contribution in [0.1, 0.15) is 26.7 Å². The summed E-state index contributed by atoms with van der Waals surface area (Å²) in [5.74, 6) is -1.34. The molecule has 9 heteroatoms. The molecule has 0 aliphatic rings. The van der Waals surface area contributed by atoms with Gasteiger partial charge in [0, 0.05) is 19.2 Å². The molecular weight excluding hydrogens is 348 g/mol. The van der Waals surface area contributed by atoms with Crippen LogP contribution >= 0.6 is 0 Å². The Hall–Kier alpha value is -2.13. The van der Waals surface area contributed by atoms with Crippen molar-refractivity contribution in [2.45, 2.75) is 38.1 Å². The second kappa shape index (κ2) is 7.83. The smallest absolute Gasteiger partial charge is 0.420 e. The van der Waals surface area contributed by atoms with E-state index < -0.39 is 21.7 Å². The monoisotopic (exact) mass is 370 g/mol. The number of fused-ring (bicyclic) bond motifs is 1. The van der Waals surface area contributed by atoms with E-state index in [0.29, 0.717) is 18.6 Å². The Labute approximate surface area is 146 Å². The summed E-state index contributed by atoms with van der Waals surface area (Å²) in [4.78, 5) is 23.4. The van der Waals surface area contributed by atoms with Gasteiger partial charge in [0.15, 0.2) is 5.58 Å². The molecule has 0 aliphatic carbocycles. The van der Waals surface area contributed by atoms with Crippen molar-refractivity contribution in [1.29, 1.82) is 0 Å². The molecule has 2 rings (SSSR count). The third-order valence-corrected chi connectivity index (χ3v) is 5.88. The normalized spacial score (nSPS) is 12.0. The van der Waals surface area contributed by atoms with Gasteiger partial charge in [-0.2, -0.15) is 4.31 Å². The van der Waals surface area contributed by atoms with Crippen LogP contribution in [0.5, 0.6) is 0 Å². The molecule has 2 aromatic rings. The highest BCUT2D eigenvalue weighted by Crippen LogP contribution is 2.22. The highest BCUT2D eigenvalue weighted by atomic mass is 32.2. The second-order valence-corrected chi connectivity index (χ2v) is 7.45. The maximum absolute atomic E-state index is 12.8. The molecule has 0 aliphatic heterocycles. The SMILES string of the molecule is CCCCN(CC)S(=O)(=O)c1ccc2c(c1)oc(=O)n2CC(=O)OC. The third-order valence-electron chi connectivity index (χ3n) is 3.91. The van der Waals surface area contributed by atoms with Gasteiger partial charge in [0.25, 0.3) is 0 Å². The van der Waals surface area contributed by atoms with Crippen molar-refractivity contribution in [3.63, 3.8) is 0 Å². The van der Waals surface area contributed by atoms with E-state index in [0.717, 1.165) is 17.4 Å². The molecule has 25 heavy (non-hydrogen) atoms. The number of aromatic nitrogens is 1. The first-order valence-corrected chi connectivity index (χ1v) is 9.49. The summed E-state index contributed by atoms with van der Waals surface area (Å²) < 4.78 is 37.6. The van der Waals surface area contributed by atoms with Gasteiger partial charge in [0.05, 0.1) is 17.5 Å². The van der Waals surface area contributed by atoms with E-state index in [1.165, 1.54) is 29.6 Å². The highest BCUT2D eigenvalue weighted by Gasteiger charge is 2.24. The fourth-order valence-corrected chi connectivity index (χ4v) is 3.99. The fourth-order valence-electron chi connectivity index (χ4n) is 2.48. The van der Waals surface area contributed by atoms with Crippen LogP contribution in [0.3, 0.4) is 0 Å². The minimum absolute atomic E-state index is 0.0527. The molecule has 0 N–H and O–H groups in total. The molecule has 0 spiro atoms. The van der Waals surface area contributed by atoms with Crippen molar-refractivity contribution in [3.8, 4) is 0 Å². The lowest BCUT2D eigenvalue weighted by Gasteiger charge is -2.20. The first kappa shape index (κ1) is 19.2. The van der Waals surface area contributed by atoms with Crippen molar-refractivity contribution in [2.24, 2.45) is 0 Å². The quantitative estimate of drug-likeness (QED) is 0.654. The van der Waals surface area contributed by atoms with Crippen molar-refractivity contribution in [3.05, 3.63) is 28.7 Å². The number of carbonyl (C=O) groups is 1. The number of hydrogen-bond donors (Lipinski definition) is 0. The molecule has 0 amide bonds. The largest absolute Gasteiger partial charge is 0.468 e. The van der Waals surface area contributed by atoms with E-state index in [2.05, 4.69) is 4.74 Å². The Morgan fingerprint density at radius 2 is 2.04 bits per heavy atom. The van der Waals surface area contributed by atoms with Gasteiger partial charge < -0.3 is 9.15 Å². The predicted molar refractivity (Wildman–Crippen MR) is 91.8 cm³/mol. The zero-order chi connectivity index (χ0) is 18.6. The summed E-state index contributed by atoms with van der Waals surface area (Å²) in [7, 11) is -2.46. The van der Waals surface area contributed by atoms with Crippen molar-refractivity contribution in [1.82, 2.24) is 8.87 Å². The van der Waals surface area contributed by atoms with E-state index in [-0.39, 0.29) is 17.0 Å². The van der Waals surface area contributed by atoms with E-state index in [9.17, 15) is 18.0 Å². The van der Waals surface area contributed by atoms with E-state index >= 15 is 0 Å². The average molecular weight is 370 g/mol. The molecule has 138 valence electrons. The number of hydrogen-bond acceptors (Lipinski definition) is 6. The Morgan fingerprint density at radius 3 is 2.64 bits per heavy atom. The lowest BCUT2D eigenvalue weighted by atomic mass is 10.3. The lowest BCUT2D eigenvalue weighted by Crippen LogP contribution is -2.31. The first-order chi connectivity index (χ1) is 11.8. The number of esters is 1. The maximum atomic E-state index is 12.8. The summed E-state index contributed by atoms with van der Waals surface area (Å²) in [5.41, 5.74) is 0.451. The molecule has 0 saturated carbocycles. The van der Waals surface area contributed by atoms with Crippen LogP contribution in [0.4, 0.5) is 0 Å². The number of ether oxygens (including phenoxy) is 1. The van der Waals surface area contributed by atoms with Crippen molar-refractivity contribution >= 4 is 27.1 Å². The predicted octanol–water partition coefficient (Wildman–Crippen LogP) is 1.58. The van der Waals surface area contributed by atoms with Gasteiger partial charge in [0.2, 0.25) is 10.0 Å². The molecular formula is C16H22N2O6S. The summed E-state index contributed by atoms with van der Waals surface area (Å²) in [6.45, 7) is 4.25. The number of oxazole rings is 1. The summed E-state index contributed by atoms with van der Waals surface area (Å²) >= 11 is 0. The van der Waals surface area contributed by atoms with E-state index in [1.807, 2.05) is 6.92 Å². The Morgan fingerprint density at radius 1 is 1.32 bits per heavy atom. The van der Waals surface area contributed by atoms with Gasteiger partial charge in [-0.15, -0.1) is 0 Å². The highest BCUT2D eigenvalue weighted by molar-refractivity contribution is 7.89. The van der Waals surface area contributed by atoms with Gasteiger partial charge in [-0.1, -0.05) is 20.3 Å².